The van der Waals surface area contributed by atoms with E-state index in [0.717, 1.165) is 27.1 Å². The van der Waals surface area contributed by atoms with Crippen molar-refractivity contribution in [1.82, 2.24) is 4.57 Å². The summed E-state index contributed by atoms with van der Waals surface area (Å²) < 4.78 is 3.06. The summed E-state index contributed by atoms with van der Waals surface area (Å²) in [5, 5.41) is 3.15. The van der Waals surface area contributed by atoms with Crippen LogP contribution in [-0.2, 0) is 7.05 Å². The first-order valence-corrected chi connectivity index (χ1v) is 6.94. The van der Waals surface area contributed by atoms with Gasteiger partial charge in [-0.25, -0.2) is 0 Å². The molecule has 100 valence electrons. The highest BCUT2D eigenvalue weighted by Crippen LogP contribution is 2.16. The molecule has 0 aliphatic rings. The van der Waals surface area contributed by atoms with Gasteiger partial charge in [-0.1, -0.05) is 15.9 Å². The second kappa shape index (κ2) is 5.61. The second-order valence-corrected chi connectivity index (χ2v) is 5.54. The maximum Gasteiger partial charge on any atom is 0.183 e. The molecular weight excluding hydrogens is 304 g/mol. The number of ketones is 1. The Bertz CT molecular complexity index is 599. The van der Waals surface area contributed by atoms with Crippen molar-refractivity contribution in [2.75, 3.05) is 11.9 Å². The Balaban J connectivity index is 2.05. The van der Waals surface area contributed by atoms with Crippen LogP contribution in [0.5, 0.6) is 0 Å². The zero-order chi connectivity index (χ0) is 14.0. The number of carbonyl (C=O) groups is 1. The molecule has 1 aromatic carbocycles. The summed E-state index contributed by atoms with van der Waals surface area (Å²) in [5.74, 6) is 0.115. The molecule has 0 spiro atoms. The largest absolute Gasteiger partial charge is 0.378 e. The number of hydrogen-bond acceptors (Lipinski definition) is 2. The van der Waals surface area contributed by atoms with Gasteiger partial charge in [0.25, 0.3) is 0 Å². The summed E-state index contributed by atoms with van der Waals surface area (Å²) in [4.78, 5) is 12.2. The Hall–Kier alpha value is -1.55. The summed E-state index contributed by atoms with van der Waals surface area (Å²) in [5.41, 5.74) is 3.86. The van der Waals surface area contributed by atoms with Gasteiger partial charge >= 0.3 is 0 Å². The number of rotatable bonds is 4. The van der Waals surface area contributed by atoms with E-state index in [1.165, 1.54) is 0 Å². The first-order chi connectivity index (χ1) is 8.99. The monoisotopic (exact) mass is 320 g/mol. The van der Waals surface area contributed by atoms with Crippen LogP contribution in [0, 0.1) is 13.8 Å². The number of Topliss-reactive ketones (excluding diaryl/α,β-unsaturated/α-hetero) is 1. The van der Waals surface area contributed by atoms with Crippen LogP contribution in [0.3, 0.4) is 0 Å². The zero-order valence-corrected chi connectivity index (χ0v) is 12.9. The number of anilines is 1. The molecule has 0 amide bonds. The lowest BCUT2D eigenvalue weighted by Gasteiger charge is -2.06. The molecule has 0 atom stereocenters. The summed E-state index contributed by atoms with van der Waals surface area (Å²) in [7, 11) is 1.98. The van der Waals surface area contributed by atoms with Crippen LogP contribution in [0.15, 0.2) is 34.8 Å². The number of hydrogen-bond donors (Lipinski definition) is 1. The summed E-state index contributed by atoms with van der Waals surface area (Å²) in [6.07, 6.45) is 0. The standard InChI is InChI=1S/C15H17BrN2O/c1-10-8-14(11(2)18(10)3)15(19)9-17-13-6-4-12(16)5-7-13/h4-8,17H,9H2,1-3H3. The lowest BCUT2D eigenvalue weighted by molar-refractivity contribution is 0.101. The molecule has 1 aromatic heterocycles. The van der Waals surface area contributed by atoms with E-state index in [-0.39, 0.29) is 5.78 Å². The Labute approximate surface area is 121 Å². The van der Waals surface area contributed by atoms with Crippen LogP contribution in [0.2, 0.25) is 0 Å². The van der Waals surface area contributed by atoms with Gasteiger partial charge in [-0.2, -0.15) is 0 Å². The number of benzene rings is 1. The molecule has 2 rings (SSSR count). The van der Waals surface area contributed by atoms with Crippen LogP contribution in [0.1, 0.15) is 21.7 Å². The number of carbonyl (C=O) groups excluding carboxylic acids is 1. The lowest BCUT2D eigenvalue weighted by atomic mass is 10.1. The van der Waals surface area contributed by atoms with Crippen LogP contribution in [0.4, 0.5) is 5.69 Å². The zero-order valence-electron chi connectivity index (χ0n) is 11.3. The van der Waals surface area contributed by atoms with Crippen LogP contribution < -0.4 is 5.32 Å². The van der Waals surface area contributed by atoms with Crippen molar-refractivity contribution in [3.63, 3.8) is 0 Å². The highest BCUT2D eigenvalue weighted by Gasteiger charge is 2.13. The van der Waals surface area contributed by atoms with E-state index in [1.807, 2.05) is 55.8 Å². The van der Waals surface area contributed by atoms with E-state index in [0.29, 0.717) is 6.54 Å². The van der Waals surface area contributed by atoms with Gasteiger partial charge in [0.15, 0.2) is 5.78 Å². The Morgan fingerprint density at radius 1 is 1.26 bits per heavy atom. The molecule has 19 heavy (non-hydrogen) atoms. The van der Waals surface area contributed by atoms with E-state index < -0.39 is 0 Å². The second-order valence-electron chi connectivity index (χ2n) is 4.63. The van der Waals surface area contributed by atoms with Gasteiger partial charge in [0.1, 0.15) is 0 Å². The van der Waals surface area contributed by atoms with Gasteiger partial charge in [-0.15, -0.1) is 0 Å². The maximum atomic E-state index is 12.2. The van der Waals surface area contributed by atoms with Crippen molar-refractivity contribution in [2.45, 2.75) is 13.8 Å². The minimum absolute atomic E-state index is 0.115. The van der Waals surface area contributed by atoms with Crippen LogP contribution in [-0.4, -0.2) is 16.9 Å². The van der Waals surface area contributed by atoms with Gasteiger partial charge in [-0.3, -0.25) is 4.79 Å². The molecule has 0 bridgehead atoms. The Morgan fingerprint density at radius 3 is 2.42 bits per heavy atom. The average Bonchev–Trinajstić information content (AvgIpc) is 2.65. The molecule has 0 aliphatic carbocycles. The molecule has 0 saturated carbocycles. The maximum absolute atomic E-state index is 12.2. The lowest BCUT2D eigenvalue weighted by Crippen LogP contribution is -2.14. The average molecular weight is 321 g/mol. The van der Waals surface area contributed by atoms with E-state index in [4.69, 9.17) is 0 Å². The van der Waals surface area contributed by atoms with E-state index in [9.17, 15) is 4.79 Å². The molecule has 0 aliphatic heterocycles. The Morgan fingerprint density at radius 2 is 1.89 bits per heavy atom. The van der Waals surface area contributed by atoms with Crippen molar-refractivity contribution in [2.24, 2.45) is 7.05 Å². The highest BCUT2D eigenvalue weighted by atomic mass is 79.9. The molecular formula is C15H17BrN2O. The molecule has 0 unspecified atom stereocenters. The summed E-state index contributed by atoms with van der Waals surface area (Å²) in [6, 6.07) is 9.73. The van der Waals surface area contributed by atoms with Crippen LogP contribution >= 0.6 is 15.9 Å². The molecule has 2 aromatic rings. The third-order valence-electron chi connectivity index (χ3n) is 3.37. The molecule has 4 heteroatoms. The van der Waals surface area contributed by atoms with E-state index in [2.05, 4.69) is 21.2 Å². The third kappa shape index (κ3) is 3.07. The van der Waals surface area contributed by atoms with E-state index in [1.54, 1.807) is 0 Å². The highest BCUT2D eigenvalue weighted by molar-refractivity contribution is 9.10. The predicted molar refractivity (Wildman–Crippen MR) is 81.8 cm³/mol. The topological polar surface area (TPSA) is 34.0 Å². The summed E-state index contributed by atoms with van der Waals surface area (Å²) in [6.45, 7) is 4.29. The first-order valence-electron chi connectivity index (χ1n) is 6.14. The Kier molecular flexibility index (Phi) is 4.10. The minimum Gasteiger partial charge on any atom is -0.378 e. The van der Waals surface area contributed by atoms with Gasteiger partial charge in [0.05, 0.1) is 6.54 Å². The number of aromatic nitrogens is 1. The number of halogens is 1. The SMILES string of the molecule is Cc1cc(C(=O)CNc2ccc(Br)cc2)c(C)n1C. The fraction of sp³-hybridized carbons (Fsp3) is 0.267. The molecule has 0 fully saturated rings. The third-order valence-corrected chi connectivity index (χ3v) is 3.90. The fourth-order valence-electron chi connectivity index (χ4n) is 1.98. The van der Waals surface area contributed by atoms with E-state index >= 15 is 0 Å². The van der Waals surface area contributed by atoms with Gasteiger partial charge in [-0.05, 0) is 44.2 Å². The minimum atomic E-state index is 0.115. The normalized spacial score (nSPS) is 10.5. The quantitative estimate of drug-likeness (QED) is 0.871. The van der Waals surface area contributed by atoms with Crippen LogP contribution in [0.25, 0.3) is 0 Å². The van der Waals surface area contributed by atoms with Crippen molar-refractivity contribution >= 4 is 27.4 Å². The van der Waals surface area contributed by atoms with Gasteiger partial charge < -0.3 is 9.88 Å². The van der Waals surface area contributed by atoms with Gasteiger partial charge in [0.2, 0.25) is 0 Å². The number of nitrogens with one attached hydrogen (secondary N) is 1. The van der Waals surface area contributed by atoms with Crippen molar-refractivity contribution in [3.05, 3.63) is 51.8 Å². The molecule has 0 radical (unpaired) electrons. The molecule has 1 heterocycles. The smallest absolute Gasteiger partial charge is 0.183 e. The number of nitrogens with zero attached hydrogens (tertiary/aromatic N) is 1. The predicted octanol–water partition coefficient (Wildman–Crippen LogP) is 3.70. The molecule has 3 nitrogen and oxygen atoms in total. The van der Waals surface area contributed by atoms with Crippen molar-refractivity contribution in [1.29, 1.82) is 0 Å². The van der Waals surface area contributed by atoms with Gasteiger partial charge in [0, 0.05) is 34.2 Å². The fourth-order valence-corrected chi connectivity index (χ4v) is 2.25. The number of aryl methyl sites for hydroxylation is 1. The van der Waals surface area contributed by atoms with Crippen molar-refractivity contribution in [3.8, 4) is 0 Å². The summed E-state index contributed by atoms with van der Waals surface area (Å²) >= 11 is 3.38. The van der Waals surface area contributed by atoms with Crippen molar-refractivity contribution < 1.29 is 4.79 Å². The first kappa shape index (κ1) is 13.9. The molecule has 1 N–H and O–H groups in total. The molecule has 0 saturated heterocycles.